The fourth-order valence-corrected chi connectivity index (χ4v) is 2.80. The summed E-state index contributed by atoms with van der Waals surface area (Å²) >= 11 is 0. The van der Waals surface area contributed by atoms with Crippen LogP contribution >= 0.6 is 0 Å². The third-order valence-corrected chi connectivity index (χ3v) is 3.89. The van der Waals surface area contributed by atoms with Crippen molar-refractivity contribution in [2.75, 3.05) is 20.2 Å². The number of nitrogens with zero attached hydrogens (tertiary/aromatic N) is 2. The molecule has 2 fully saturated rings. The van der Waals surface area contributed by atoms with E-state index in [1.165, 1.54) is 6.42 Å². The predicted molar refractivity (Wildman–Crippen MR) is 58.0 cm³/mol. The van der Waals surface area contributed by atoms with Crippen molar-refractivity contribution in [2.24, 2.45) is 11.7 Å². The number of fused-ring (bicyclic) bond motifs is 1. The minimum absolute atomic E-state index is 0.0735. The van der Waals surface area contributed by atoms with Gasteiger partial charge in [0.15, 0.2) is 5.76 Å². The highest BCUT2D eigenvalue weighted by molar-refractivity contribution is 5.13. The summed E-state index contributed by atoms with van der Waals surface area (Å²) in [7, 11) is 1.59. The summed E-state index contributed by atoms with van der Waals surface area (Å²) in [6.07, 6.45) is 2.43. The Kier molecular flexibility index (Phi) is 2.19. The highest BCUT2D eigenvalue weighted by Crippen LogP contribution is 2.42. The number of hydrogen-bond acceptors (Lipinski definition) is 5. The average Bonchev–Trinajstić information content (AvgIpc) is 2.78. The number of hydrogen-bond donors (Lipinski definition) is 1. The van der Waals surface area contributed by atoms with Crippen LogP contribution in [0.2, 0.25) is 0 Å². The molecule has 1 saturated heterocycles. The quantitative estimate of drug-likeness (QED) is 0.813. The third kappa shape index (κ3) is 1.51. The number of ether oxygens (including phenoxy) is 1. The zero-order valence-corrected chi connectivity index (χ0v) is 9.48. The van der Waals surface area contributed by atoms with Gasteiger partial charge in [0.05, 0.1) is 13.7 Å². The topological polar surface area (TPSA) is 64.5 Å². The molecule has 1 aliphatic carbocycles. The largest absolute Gasteiger partial charge is 0.479 e. The molecule has 88 valence electrons. The number of nitrogens with two attached hydrogens (primary N) is 1. The lowest BCUT2D eigenvalue weighted by molar-refractivity contribution is 0.188. The zero-order valence-electron chi connectivity index (χ0n) is 9.48. The molecule has 0 aromatic carbocycles. The van der Waals surface area contributed by atoms with E-state index in [1.807, 2.05) is 6.07 Å². The minimum Gasteiger partial charge on any atom is -0.479 e. The Bertz CT molecular complexity index is 392. The number of likely N-dealkylation sites (tertiary alicyclic amines) is 1. The van der Waals surface area contributed by atoms with Gasteiger partial charge >= 0.3 is 0 Å². The number of aromatic nitrogens is 1. The first kappa shape index (κ1) is 10.1. The van der Waals surface area contributed by atoms with E-state index < -0.39 is 0 Å². The van der Waals surface area contributed by atoms with E-state index in [9.17, 15) is 0 Å². The highest BCUT2D eigenvalue weighted by Gasteiger charge is 2.50. The van der Waals surface area contributed by atoms with E-state index in [-0.39, 0.29) is 5.54 Å². The van der Waals surface area contributed by atoms with E-state index in [1.54, 1.807) is 7.11 Å². The van der Waals surface area contributed by atoms with Crippen LogP contribution in [-0.2, 0) is 6.54 Å². The Morgan fingerprint density at radius 1 is 1.75 bits per heavy atom. The second-order valence-corrected chi connectivity index (χ2v) is 4.97. The molecule has 0 amide bonds. The first-order chi connectivity index (χ1) is 7.69. The summed E-state index contributed by atoms with van der Waals surface area (Å²) in [6, 6.07) is 1.84. The van der Waals surface area contributed by atoms with Crippen LogP contribution in [0.5, 0.6) is 5.88 Å². The fourth-order valence-electron chi connectivity index (χ4n) is 2.80. The van der Waals surface area contributed by atoms with E-state index in [2.05, 4.69) is 10.1 Å². The van der Waals surface area contributed by atoms with Crippen molar-refractivity contribution in [1.29, 1.82) is 0 Å². The molecule has 0 unspecified atom stereocenters. The predicted octanol–water partition coefficient (Wildman–Crippen LogP) is 0.606. The summed E-state index contributed by atoms with van der Waals surface area (Å²) in [4.78, 5) is 2.34. The lowest BCUT2D eigenvalue weighted by atomic mass is 9.70. The molecular formula is C11H17N3O2. The molecule has 1 aliphatic heterocycles. The summed E-state index contributed by atoms with van der Waals surface area (Å²) < 4.78 is 10.2. The van der Waals surface area contributed by atoms with E-state index in [0.717, 1.165) is 31.8 Å². The maximum Gasteiger partial charge on any atom is 0.254 e. The number of methoxy groups -OCH3 is 1. The zero-order chi connectivity index (χ0) is 11.2. The number of rotatable bonds is 3. The van der Waals surface area contributed by atoms with Crippen LogP contribution in [0.3, 0.4) is 0 Å². The summed E-state index contributed by atoms with van der Waals surface area (Å²) in [6.45, 7) is 2.84. The molecule has 5 nitrogen and oxygen atoms in total. The van der Waals surface area contributed by atoms with Gasteiger partial charge in [0.25, 0.3) is 5.88 Å². The Morgan fingerprint density at radius 2 is 2.62 bits per heavy atom. The van der Waals surface area contributed by atoms with Crippen LogP contribution in [0.25, 0.3) is 0 Å². The van der Waals surface area contributed by atoms with Gasteiger partial charge in [0.1, 0.15) is 0 Å². The molecule has 16 heavy (non-hydrogen) atoms. The first-order valence-corrected chi connectivity index (χ1v) is 5.70. The third-order valence-electron chi connectivity index (χ3n) is 3.89. The molecule has 1 aromatic heterocycles. The maximum absolute atomic E-state index is 6.27. The molecule has 0 spiro atoms. The van der Waals surface area contributed by atoms with E-state index in [4.69, 9.17) is 15.0 Å². The van der Waals surface area contributed by atoms with E-state index in [0.29, 0.717) is 11.8 Å². The van der Waals surface area contributed by atoms with Crippen molar-refractivity contribution in [3.8, 4) is 5.88 Å². The molecule has 2 aliphatic rings. The van der Waals surface area contributed by atoms with Crippen molar-refractivity contribution in [2.45, 2.75) is 24.9 Å². The Morgan fingerprint density at radius 3 is 3.12 bits per heavy atom. The minimum atomic E-state index is 0.0735. The second-order valence-electron chi connectivity index (χ2n) is 4.97. The molecule has 2 atom stereocenters. The maximum atomic E-state index is 6.27. The fraction of sp³-hybridized carbons (Fsp3) is 0.727. The first-order valence-electron chi connectivity index (χ1n) is 5.70. The smallest absolute Gasteiger partial charge is 0.254 e. The average molecular weight is 223 g/mol. The Balaban J connectivity index is 1.63. The van der Waals surface area contributed by atoms with Crippen LogP contribution in [0, 0.1) is 5.92 Å². The van der Waals surface area contributed by atoms with Crippen LogP contribution in [0.1, 0.15) is 18.6 Å². The van der Waals surface area contributed by atoms with Crippen LogP contribution in [0.4, 0.5) is 0 Å². The van der Waals surface area contributed by atoms with Gasteiger partial charge in [-0.05, 0) is 23.9 Å². The Labute approximate surface area is 94.5 Å². The normalized spacial score (nSPS) is 33.5. The molecular weight excluding hydrogens is 206 g/mol. The molecule has 1 aromatic rings. The lowest BCUT2D eigenvalue weighted by Gasteiger charge is -2.40. The molecule has 2 heterocycles. The molecule has 3 rings (SSSR count). The second kappa shape index (κ2) is 3.46. The van der Waals surface area contributed by atoms with Gasteiger partial charge in [0, 0.05) is 24.7 Å². The Hall–Kier alpha value is -1.07. The van der Waals surface area contributed by atoms with Crippen LogP contribution < -0.4 is 10.5 Å². The van der Waals surface area contributed by atoms with Crippen molar-refractivity contribution < 1.29 is 9.26 Å². The molecule has 5 heteroatoms. The van der Waals surface area contributed by atoms with Crippen LogP contribution in [0.15, 0.2) is 10.6 Å². The monoisotopic (exact) mass is 223 g/mol. The van der Waals surface area contributed by atoms with Gasteiger partial charge in [-0.2, -0.15) is 0 Å². The van der Waals surface area contributed by atoms with Gasteiger partial charge in [-0.15, -0.1) is 0 Å². The lowest BCUT2D eigenvalue weighted by Crippen LogP contribution is -2.54. The van der Waals surface area contributed by atoms with Crippen molar-refractivity contribution in [1.82, 2.24) is 10.1 Å². The van der Waals surface area contributed by atoms with Crippen LogP contribution in [-0.4, -0.2) is 35.8 Å². The molecule has 1 saturated carbocycles. The van der Waals surface area contributed by atoms with Gasteiger partial charge in [0.2, 0.25) is 0 Å². The molecule has 0 radical (unpaired) electrons. The van der Waals surface area contributed by atoms with Gasteiger partial charge in [-0.25, -0.2) is 0 Å². The summed E-state index contributed by atoms with van der Waals surface area (Å²) in [5.41, 5.74) is 6.34. The standard InChI is InChI=1S/C11H17N3O2/c1-15-10-4-9(16-13-10)6-14-5-8-2-3-11(8,12)7-14/h4,8H,2-3,5-7,12H2,1H3/t8-,11-/m0/s1. The SMILES string of the molecule is COc1cc(CN2C[C@@H]3CC[C@]3(N)C2)on1. The van der Waals surface area contributed by atoms with Crippen molar-refractivity contribution in [3.63, 3.8) is 0 Å². The summed E-state index contributed by atoms with van der Waals surface area (Å²) in [5, 5.41) is 3.79. The summed E-state index contributed by atoms with van der Waals surface area (Å²) in [5.74, 6) is 2.07. The van der Waals surface area contributed by atoms with E-state index >= 15 is 0 Å². The highest BCUT2D eigenvalue weighted by atomic mass is 16.5. The molecule has 0 bridgehead atoms. The van der Waals surface area contributed by atoms with Crippen molar-refractivity contribution in [3.05, 3.63) is 11.8 Å². The van der Waals surface area contributed by atoms with Gasteiger partial charge in [-0.3, -0.25) is 4.90 Å². The molecule has 2 N–H and O–H groups in total. The van der Waals surface area contributed by atoms with Crippen molar-refractivity contribution >= 4 is 0 Å². The van der Waals surface area contributed by atoms with Gasteiger partial charge in [-0.1, -0.05) is 0 Å². The van der Waals surface area contributed by atoms with Gasteiger partial charge < -0.3 is 15.0 Å².